The van der Waals surface area contributed by atoms with E-state index in [2.05, 4.69) is 0 Å². The fourth-order valence-electron chi connectivity index (χ4n) is 1.62. The van der Waals surface area contributed by atoms with Crippen molar-refractivity contribution < 1.29 is 19.0 Å². The highest BCUT2D eigenvalue weighted by Gasteiger charge is 2.20. The Labute approximate surface area is 99.5 Å². The molecule has 0 aromatic heterocycles. The smallest absolute Gasteiger partial charge is 0.327 e. The molecule has 1 aromatic carbocycles. The molecule has 0 aliphatic carbocycles. The molecular weight excluding hydrogens is 222 g/mol. The third kappa shape index (κ3) is 2.50. The van der Waals surface area contributed by atoms with Crippen LogP contribution in [0.1, 0.15) is 18.5 Å². The third-order valence-corrected chi connectivity index (χ3v) is 2.47. The van der Waals surface area contributed by atoms with Crippen molar-refractivity contribution in [1.82, 2.24) is 0 Å². The molecule has 0 spiro atoms. The molecule has 0 saturated carbocycles. The number of ether oxygens (including phenoxy) is 3. The summed E-state index contributed by atoms with van der Waals surface area (Å²) in [6.07, 6.45) is 0. The fraction of sp³-hybridized carbons (Fsp3) is 0.417. The molecule has 0 bridgehead atoms. The number of esters is 1. The number of benzene rings is 1. The van der Waals surface area contributed by atoms with Gasteiger partial charge in [0.2, 0.25) is 0 Å². The zero-order valence-electron chi connectivity index (χ0n) is 9.64. The standard InChI is InChI=1S/C12H15NO4/c1-2-15-12(14)11(13)8-3-4-9-10(7-8)17-6-5-16-9/h3-4,7,11H,2,5-6,13H2,1H3. The zero-order valence-corrected chi connectivity index (χ0v) is 9.64. The Morgan fingerprint density at radius 2 is 2.12 bits per heavy atom. The molecule has 2 rings (SSSR count). The molecule has 0 radical (unpaired) electrons. The van der Waals surface area contributed by atoms with Gasteiger partial charge in [0.05, 0.1) is 6.61 Å². The van der Waals surface area contributed by atoms with Gasteiger partial charge in [0.15, 0.2) is 11.5 Å². The zero-order chi connectivity index (χ0) is 12.3. The third-order valence-electron chi connectivity index (χ3n) is 2.47. The summed E-state index contributed by atoms with van der Waals surface area (Å²) in [7, 11) is 0. The van der Waals surface area contributed by atoms with Gasteiger partial charge in [-0.15, -0.1) is 0 Å². The molecule has 2 N–H and O–H groups in total. The van der Waals surface area contributed by atoms with E-state index >= 15 is 0 Å². The first kappa shape index (κ1) is 11.7. The lowest BCUT2D eigenvalue weighted by Gasteiger charge is -2.20. The van der Waals surface area contributed by atoms with E-state index in [0.717, 1.165) is 0 Å². The number of hydrogen-bond donors (Lipinski definition) is 1. The molecule has 0 amide bonds. The Bertz CT molecular complexity index is 419. The van der Waals surface area contributed by atoms with Crippen molar-refractivity contribution >= 4 is 5.97 Å². The van der Waals surface area contributed by atoms with Crippen LogP contribution in [-0.4, -0.2) is 25.8 Å². The predicted molar refractivity (Wildman–Crippen MR) is 61.0 cm³/mol. The molecule has 1 unspecified atom stereocenters. The van der Waals surface area contributed by atoms with Crippen LogP contribution >= 0.6 is 0 Å². The van der Waals surface area contributed by atoms with Crippen molar-refractivity contribution in [3.05, 3.63) is 23.8 Å². The number of carbonyl (C=O) groups is 1. The maximum absolute atomic E-state index is 11.5. The van der Waals surface area contributed by atoms with Gasteiger partial charge in [0, 0.05) is 0 Å². The summed E-state index contributed by atoms with van der Waals surface area (Å²) in [5.74, 6) is 0.855. The average molecular weight is 237 g/mol. The summed E-state index contributed by atoms with van der Waals surface area (Å²) in [5, 5.41) is 0. The molecule has 1 aliphatic rings. The van der Waals surface area contributed by atoms with Crippen LogP contribution in [0.25, 0.3) is 0 Å². The van der Waals surface area contributed by atoms with E-state index in [1.54, 1.807) is 25.1 Å². The molecule has 0 saturated heterocycles. The van der Waals surface area contributed by atoms with Crippen molar-refractivity contribution in [2.24, 2.45) is 5.73 Å². The molecule has 92 valence electrons. The molecule has 5 heteroatoms. The van der Waals surface area contributed by atoms with Crippen LogP contribution in [0.15, 0.2) is 18.2 Å². The summed E-state index contributed by atoms with van der Waals surface area (Å²) in [6, 6.07) is 4.43. The Balaban J connectivity index is 2.18. The molecule has 5 nitrogen and oxygen atoms in total. The molecule has 1 aromatic rings. The second kappa shape index (κ2) is 5.05. The fourth-order valence-corrected chi connectivity index (χ4v) is 1.62. The Hall–Kier alpha value is -1.75. The summed E-state index contributed by atoms with van der Waals surface area (Å²) >= 11 is 0. The highest BCUT2D eigenvalue weighted by atomic mass is 16.6. The molecule has 1 aliphatic heterocycles. The van der Waals surface area contributed by atoms with Crippen LogP contribution in [0.3, 0.4) is 0 Å². The van der Waals surface area contributed by atoms with Crippen molar-refractivity contribution in [1.29, 1.82) is 0 Å². The average Bonchev–Trinajstić information content (AvgIpc) is 2.37. The number of nitrogens with two attached hydrogens (primary N) is 1. The highest BCUT2D eigenvalue weighted by Crippen LogP contribution is 2.32. The maximum atomic E-state index is 11.5. The summed E-state index contributed by atoms with van der Waals surface area (Å²) in [4.78, 5) is 11.5. The molecule has 17 heavy (non-hydrogen) atoms. The van der Waals surface area contributed by atoms with Gasteiger partial charge in [0.1, 0.15) is 19.3 Å². The maximum Gasteiger partial charge on any atom is 0.327 e. The lowest BCUT2D eigenvalue weighted by Crippen LogP contribution is -2.24. The predicted octanol–water partition coefficient (Wildman–Crippen LogP) is 1.02. The molecular formula is C12H15NO4. The summed E-state index contributed by atoms with van der Waals surface area (Å²) in [5.41, 5.74) is 6.45. The van der Waals surface area contributed by atoms with Crippen molar-refractivity contribution in [3.63, 3.8) is 0 Å². The molecule has 1 atom stereocenters. The Morgan fingerprint density at radius 1 is 1.41 bits per heavy atom. The van der Waals surface area contributed by atoms with Gasteiger partial charge >= 0.3 is 5.97 Å². The number of rotatable bonds is 3. The SMILES string of the molecule is CCOC(=O)C(N)c1ccc2c(c1)OCCO2. The second-order valence-electron chi connectivity index (χ2n) is 3.63. The van der Waals surface area contributed by atoms with Gasteiger partial charge in [-0.2, -0.15) is 0 Å². The highest BCUT2D eigenvalue weighted by molar-refractivity contribution is 5.77. The van der Waals surface area contributed by atoms with Crippen LogP contribution in [-0.2, 0) is 9.53 Å². The lowest BCUT2D eigenvalue weighted by molar-refractivity contribution is -0.144. The van der Waals surface area contributed by atoms with Gasteiger partial charge in [-0.25, -0.2) is 4.79 Å². The number of fused-ring (bicyclic) bond motifs is 1. The minimum Gasteiger partial charge on any atom is -0.486 e. The van der Waals surface area contributed by atoms with Gasteiger partial charge in [0.25, 0.3) is 0 Å². The Kier molecular flexibility index (Phi) is 3.49. The van der Waals surface area contributed by atoms with E-state index in [-0.39, 0.29) is 0 Å². The van der Waals surface area contributed by atoms with Gasteiger partial charge in [-0.05, 0) is 24.6 Å². The first-order valence-corrected chi connectivity index (χ1v) is 5.54. The van der Waals surface area contributed by atoms with Crippen molar-refractivity contribution in [2.45, 2.75) is 13.0 Å². The molecule has 0 fully saturated rings. The largest absolute Gasteiger partial charge is 0.486 e. The number of hydrogen-bond acceptors (Lipinski definition) is 5. The van der Waals surface area contributed by atoms with Crippen LogP contribution in [0.2, 0.25) is 0 Å². The normalized spacial score (nSPS) is 15.2. The minimum atomic E-state index is -0.786. The molecule has 1 heterocycles. The monoisotopic (exact) mass is 237 g/mol. The van der Waals surface area contributed by atoms with E-state index in [1.165, 1.54) is 0 Å². The Morgan fingerprint density at radius 3 is 2.82 bits per heavy atom. The van der Waals surface area contributed by atoms with Crippen LogP contribution in [0, 0.1) is 0 Å². The lowest BCUT2D eigenvalue weighted by atomic mass is 10.1. The first-order valence-electron chi connectivity index (χ1n) is 5.54. The van der Waals surface area contributed by atoms with Crippen molar-refractivity contribution in [3.8, 4) is 11.5 Å². The topological polar surface area (TPSA) is 70.8 Å². The van der Waals surface area contributed by atoms with E-state index < -0.39 is 12.0 Å². The van der Waals surface area contributed by atoms with E-state index in [0.29, 0.717) is 36.9 Å². The first-order chi connectivity index (χ1) is 8.22. The van der Waals surface area contributed by atoms with E-state index in [4.69, 9.17) is 19.9 Å². The second-order valence-corrected chi connectivity index (χ2v) is 3.63. The van der Waals surface area contributed by atoms with Crippen molar-refractivity contribution in [2.75, 3.05) is 19.8 Å². The van der Waals surface area contributed by atoms with Crippen LogP contribution in [0.5, 0.6) is 11.5 Å². The quantitative estimate of drug-likeness (QED) is 0.795. The van der Waals surface area contributed by atoms with Gasteiger partial charge in [-0.3, -0.25) is 0 Å². The van der Waals surface area contributed by atoms with E-state index in [1.807, 2.05) is 0 Å². The number of carbonyl (C=O) groups excluding carboxylic acids is 1. The van der Waals surface area contributed by atoms with Crippen LogP contribution in [0.4, 0.5) is 0 Å². The summed E-state index contributed by atoms with van der Waals surface area (Å²) < 4.78 is 15.7. The minimum absolute atomic E-state index is 0.317. The van der Waals surface area contributed by atoms with Gasteiger partial charge in [-0.1, -0.05) is 6.07 Å². The van der Waals surface area contributed by atoms with Gasteiger partial charge < -0.3 is 19.9 Å². The van der Waals surface area contributed by atoms with Crippen LogP contribution < -0.4 is 15.2 Å². The summed E-state index contributed by atoms with van der Waals surface area (Å²) in [6.45, 7) is 3.10. The van der Waals surface area contributed by atoms with E-state index in [9.17, 15) is 4.79 Å².